The van der Waals surface area contributed by atoms with E-state index >= 15 is 0 Å². The van der Waals surface area contributed by atoms with Gasteiger partial charge < -0.3 is 10.6 Å². The van der Waals surface area contributed by atoms with E-state index in [1.165, 1.54) is 11.1 Å². The highest BCUT2D eigenvalue weighted by Gasteiger charge is 2.17. The molecular weight excluding hydrogens is 392 g/mol. The van der Waals surface area contributed by atoms with Crippen molar-refractivity contribution >= 4 is 17.4 Å². The molecule has 2 amide bonds. The zero-order valence-electron chi connectivity index (χ0n) is 16.8. The maximum Gasteiger partial charge on any atom is 0.315 e. The average Bonchev–Trinajstić information content (AvgIpc) is 3.47. The zero-order chi connectivity index (χ0) is 20.8. The Morgan fingerprint density at radius 2 is 1.80 bits per heavy atom. The van der Waals surface area contributed by atoms with E-state index < -0.39 is 0 Å². The van der Waals surface area contributed by atoms with Crippen LogP contribution in [0.2, 0.25) is 0 Å². The SMILES string of the molecule is Cc1ccc([C@@H](NC(=O)NCc2ccc(Cn3cccn3)cc2)c2cccs2)cc1. The van der Waals surface area contributed by atoms with E-state index in [1.807, 2.05) is 46.6 Å². The summed E-state index contributed by atoms with van der Waals surface area (Å²) in [6.07, 6.45) is 3.72. The van der Waals surface area contributed by atoms with E-state index in [0.29, 0.717) is 6.54 Å². The third-order valence-electron chi connectivity index (χ3n) is 4.89. The van der Waals surface area contributed by atoms with Crippen LogP contribution in [0.25, 0.3) is 0 Å². The summed E-state index contributed by atoms with van der Waals surface area (Å²) in [4.78, 5) is 13.7. The van der Waals surface area contributed by atoms with E-state index in [9.17, 15) is 4.79 Å². The molecule has 0 aliphatic rings. The molecule has 2 aromatic heterocycles. The molecule has 4 aromatic rings. The van der Waals surface area contributed by atoms with Crippen LogP contribution in [-0.2, 0) is 13.1 Å². The van der Waals surface area contributed by atoms with Gasteiger partial charge in [-0.3, -0.25) is 4.68 Å². The Kier molecular flexibility index (Phi) is 6.25. The van der Waals surface area contributed by atoms with E-state index in [1.54, 1.807) is 17.5 Å². The smallest absolute Gasteiger partial charge is 0.315 e. The number of aromatic nitrogens is 2. The summed E-state index contributed by atoms with van der Waals surface area (Å²) in [5, 5.41) is 12.3. The summed E-state index contributed by atoms with van der Waals surface area (Å²) >= 11 is 1.64. The summed E-state index contributed by atoms with van der Waals surface area (Å²) in [5.74, 6) is 0. The van der Waals surface area contributed by atoms with Crippen molar-refractivity contribution in [3.63, 3.8) is 0 Å². The van der Waals surface area contributed by atoms with Gasteiger partial charge in [0.1, 0.15) is 0 Å². The molecule has 2 aromatic carbocycles. The first-order chi connectivity index (χ1) is 14.7. The average molecular weight is 417 g/mol. The summed E-state index contributed by atoms with van der Waals surface area (Å²) in [6, 6.07) is 22.1. The van der Waals surface area contributed by atoms with Gasteiger partial charge in [-0.05, 0) is 41.1 Å². The molecule has 2 heterocycles. The quantitative estimate of drug-likeness (QED) is 0.451. The fourth-order valence-corrected chi connectivity index (χ4v) is 4.04. The third-order valence-corrected chi connectivity index (χ3v) is 5.83. The Morgan fingerprint density at radius 3 is 2.47 bits per heavy atom. The number of thiophene rings is 1. The van der Waals surface area contributed by atoms with Crippen molar-refractivity contribution in [1.82, 2.24) is 20.4 Å². The molecule has 0 radical (unpaired) electrons. The van der Waals surface area contributed by atoms with Crippen LogP contribution in [0.5, 0.6) is 0 Å². The molecule has 6 heteroatoms. The maximum atomic E-state index is 12.6. The lowest BCUT2D eigenvalue weighted by molar-refractivity contribution is 0.238. The van der Waals surface area contributed by atoms with E-state index in [-0.39, 0.29) is 12.1 Å². The first-order valence-corrected chi connectivity index (χ1v) is 10.7. The second-order valence-corrected chi connectivity index (χ2v) is 8.19. The molecule has 1 atom stereocenters. The second kappa shape index (κ2) is 9.41. The van der Waals surface area contributed by atoms with E-state index in [4.69, 9.17) is 0 Å². The molecule has 2 N–H and O–H groups in total. The predicted octanol–water partition coefficient (Wildman–Crippen LogP) is 4.89. The fraction of sp³-hybridized carbons (Fsp3) is 0.167. The Hall–Kier alpha value is -3.38. The molecule has 5 nitrogen and oxygen atoms in total. The monoisotopic (exact) mass is 416 g/mol. The molecule has 0 aliphatic carbocycles. The van der Waals surface area contributed by atoms with Crippen LogP contribution < -0.4 is 10.6 Å². The standard InChI is InChI=1S/C24H24N4OS/c1-18-5-11-21(12-6-18)23(22-4-2-15-30-22)27-24(29)25-16-19-7-9-20(10-8-19)17-28-14-3-13-26-28/h2-15,23H,16-17H2,1H3,(H2,25,27,29)/t23-/m1/s1. The summed E-state index contributed by atoms with van der Waals surface area (Å²) in [5.41, 5.74) is 4.49. The van der Waals surface area contributed by atoms with Gasteiger partial charge in [0.2, 0.25) is 0 Å². The van der Waals surface area contributed by atoms with Crippen LogP contribution >= 0.6 is 11.3 Å². The van der Waals surface area contributed by atoms with Gasteiger partial charge in [0.15, 0.2) is 0 Å². The molecule has 0 spiro atoms. The van der Waals surface area contributed by atoms with Crippen molar-refractivity contribution in [3.05, 3.63) is 112 Å². The highest BCUT2D eigenvalue weighted by atomic mass is 32.1. The minimum absolute atomic E-state index is 0.165. The van der Waals surface area contributed by atoms with Crippen LogP contribution in [0.15, 0.2) is 84.5 Å². The van der Waals surface area contributed by atoms with Gasteiger partial charge in [-0.25, -0.2) is 4.79 Å². The van der Waals surface area contributed by atoms with Crippen molar-refractivity contribution in [2.45, 2.75) is 26.1 Å². The first kappa shape index (κ1) is 19.9. The van der Waals surface area contributed by atoms with Crippen LogP contribution in [0.4, 0.5) is 4.79 Å². The molecule has 30 heavy (non-hydrogen) atoms. The lowest BCUT2D eigenvalue weighted by Gasteiger charge is -2.19. The van der Waals surface area contributed by atoms with E-state index in [0.717, 1.165) is 22.5 Å². The lowest BCUT2D eigenvalue weighted by atomic mass is 10.0. The second-order valence-electron chi connectivity index (χ2n) is 7.21. The Bertz CT molecular complexity index is 1060. The van der Waals surface area contributed by atoms with Crippen molar-refractivity contribution < 1.29 is 4.79 Å². The molecule has 0 aliphatic heterocycles. The van der Waals surface area contributed by atoms with Gasteiger partial charge in [0, 0.05) is 23.8 Å². The largest absolute Gasteiger partial charge is 0.334 e. The zero-order valence-corrected chi connectivity index (χ0v) is 17.6. The molecule has 0 saturated carbocycles. The number of benzene rings is 2. The minimum Gasteiger partial charge on any atom is -0.334 e. The van der Waals surface area contributed by atoms with Crippen LogP contribution in [0, 0.1) is 6.92 Å². The molecule has 152 valence electrons. The summed E-state index contributed by atoms with van der Waals surface area (Å²) in [6.45, 7) is 3.27. The Balaban J connectivity index is 1.36. The Labute approximate surface area is 180 Å². The normalized spacial score (nSPS) is 11.8. The van der Waals surface area contributed by atoms with Crippen LogP contribution in [0.1, 0.15) is 33.2 Å². The number of aryl methyl sites for hydroxylation is 1. The van der Waals surface area contributed by atoms with Crippen LogP contribution in [-0.4, -0.2) is 15.8 Å². The highest BCUT2D eigenvalue weighted by Crippen LogP contribution is 2.26. The maximum absolute atomic E-state index is 12.6. The van der Waals surface area contributed by atoms with Crippen molar-refractivity contribution in [2.75, 3.05) is 0 Å². The van der Waals surface area contributed by atoms with Crippen LogP contribution in [0.3, 0.4) is 0 Å². The van der Waals surface area contributed by atoms with Gasteiger partial charge in [-0.15, -0.1) is 11.3 Å². The van der Waals surface area contributed by atoms with Gasteiger partial charge in [0.25, 0.3) is 0 Å². The molecule has 4 rings (SSSR count). The number of amides is 2. The first-order valence-electron chi connectivity index (χ1n) is 9.87. The number of nitrogens with zero attached hydrogens (tertiary/aromatic N) is 2. The van der Waals surface area contributed by atoms with Crippen molar-refractivity contribution in [3.8, 4) is 0 Å². The lowest BCUT2D eigenvalue weighted by Crippen LogP contribution is -2.37. The number of urea groups is 1. The number of hydrogen-bond donors (Lipinski definition) is 2. The summed E-state index contributed by atoms with van der Waals surface area (Å²) < 4.78 is 1.89. The van der Waals surface area contributed by atoms with Gasteiger partial charge in [-0.2, -0.15) is 5.10 Å². The van der Waals surface area contributed by atoms with E-state index in [2.05, 4.69) is 59.1 Å². The van der Waals surface area contributed by atoms with Gasteiger partial charge in [0.05, 0.1) is 12.6 Å². The molecule has 0 bridgehead atoms. The Morgan fingerprint density at radius 1 is 1.03 bits per heavy atom. The van der Waals surface area contributed by atoms with Gasteiger partial charge >= 0.3 is 6.03 Å². The minimum atomic E-state index is -0.186. The number of hydrogen-bond acceptors (Lipinski definition) is 3. The van der Waals surface area contributed by atoms with Gasteiger partial charge in [-0.1, -0.05) is 60.2 Å². The van der Waals surface area contributed by atoms with Crippen molar-refractivity contribution in [2.24, 2.45) is 0 Å². The molecule has 0 saturated heterocycles. The predicted molar refractivity (Wildman–Crippen MR) is 120 cm³/mol. The highest BCUT2D eigenvalue weighted by molar-refractivity contribution is 7.10. The topological polar surface area (TPSA) is 59.0 Å². The number of nitrogens with one attached hydrogen (secondary N) is 2. The molecular formula is C24H24N4OS. The number of rotatable bonds is 7. The third kappa shape index (κ3) is 5.15. The fourth-order valence-electron chi connectivity index (χ4n) is 3.24. The molecule has 0 unspecified atom stereocenters. The molecule has 0 fully saturated rings. The summed E-state index contributed by atoms with van der Waals surface area (Å²) in [7, 11) is 0. The number of carbonyl (C=O) groups is 1. The van der Waals surface area contributed by atoms with Crippen molar-refractivity contribution in [1.29, 1.82) is 0 Å². The number of carbonyl (C=O) groups excluding carboxylic acids is 1.